The normalized spacial score (nSPS) is 15.5. The second kappa shape index (κ2) is 7.58. The van der Waals surface area contributed by atoms with Crippen LogP contribution in [0.5, 0.6) is 0 Å². The predicted molar refractivity (Wildman–Crippen MR) is 90.2 cm³/mol. The summed E-state index contributed by atoms with van der Waals surface area (Å²) < 4.78 is 1.00. The Balaban J connectivity index is 1.85. The smallest absolute Gasteiger partial charge is 0.245 e. The van der Waals surface area contributed by atoms with Crippen LogP contribution in [0.3, 0.4) is 0 Å². The van der Waals surface area contributed by atoms with Gasteiger partial charge in [-0.15, -0.1) is 0 Å². The number of rotatable bonds is 4. The maximum Gasteiger partial charge on any atom is 0.245 e. The molecule has 1 aliphatic rings. The number of aryl methyl sites for hydroxylation is 1. The fourth-order valence-electron chi connectivity index (χ4n) is 2.66. The first-order valence-electron chi connectivity index (χ1n) is 7.45. The van der Waals surface area contributed by atoms with Crippen molar-refractivity contribution in [2.24, 2.45) is 5.92 Å². The topological polar surface area (TPSA) is 49.4 Å². The van der Waals surface area contributed by atoms with E-state index >= 15 is 0 Å². The van der Waals surface area contributed by atoms with Gasteiger partial charge in [-0.3, -0.25) is 9.59 Å². The van der Waals surface area contributed by atoms with Crippen LogP contribution in [0.4, 0.5) is 0 Å². The van der Waals surface area contributed by atoms with Crippen molar-refractivity contribution in [3.05, 3.63) is 46.5 Å². The van der Waals surface area contributed by atoms with E-state index in [1.165, 1.54) is 11.6 Å². The highest BCUT2D eigenvalue weighted by Gasteiger charge is 2.26. The molecule has 1 aromatic rings. The van der Waals surface area contributed by atoms with Crippen molar-refractivity contribution >= 4 is 27.7 Å². The Labute approximate surface area is 139 Å². The monoisotopic (exact) mass is 364 g/mol. The van der Waals surface area contributed by atoms with E-state index in [-0.39, 0.29) is 17.7 Å². The zero-order chi connectivity index (χ0) is 16.1. The molecular weight excluding hydrogens is 344 g/mol. The number of hydrogen-bond donors (Lipinski definition) is 1. The van der Waals surface area contributed by atoms with E-state index in [1.807, 2.05) is 19.1 Å². The summed E-state index contributed by atoms with van der Waals surface area (Å²) in [6.45, 7) is 7.29. The Bertz CT molecular complexity index is 578. The summed E-state index contributed by atoms with van der Waals surface area (Å²) in [6.07, 6.45) is 2.75. The van der Waals surface area contributed by atoms with Gasteiger partial charge in [-0.1, -0.05) is 40.2 Å². The third-order valence-corrected chi connectivity index (χ3v) is 4.78. The summed E-state index contributed by atoms with van der Waals surface area (Å²) in [5, 5.41) is 3.00. The van der Waals surface area contributed by atoms with Gasteiger partial charge in [-0.25, -0.2) is 0 Å². The molecule has 0 atom stereocenters. The van der Waals surface area contributed by atoms with Crippen molar-refractivity contribution in [2.45, 2.75) is 26.3 Å². The highest BCUT2D eigenvalue weighted by atomic mass is 79.9. The number of hydrogen-bond acceptors (Lipinski definition) is 2. The van der Waals surface area contributed by atoms with E-state index in [4.69, 9.17) is 0 Å². The average molecular weight is 365 g/mol. The third kappa shape index (κ3) is 4.19. The molecule has 5 heteroatoms. The number of carbonyl (C=O) groups is 2. The summed E-state index contributed by atoms with van der Waals surface area (Å²) in [5.41, 5.74) is 2.25. The summed E-state index contributed by atoms with van der Waals surface area (Å²) >= 11 is 3.50. The highest BCUT2D eigenvalue weighted by Crippen LogP contribution is 2.20. The molecule has 0 aromatic heterocycles. The summed E-state index contributed by atoms with van der Waals surface area (Å²) in [7, 11) is 0. The molecule has 4 nitrogen and oxygen atoms in total. The lowest BCUT2D eigenvalue weighted by Crippen LogP contribution is -2.42. The molecule has 1 aliphatic heterocycles. The van der Waals surface area contributed by atoms with Crippen molar-refractivity contribution < 1.29 is 9.59 Å². The molecule has 0 unspecified atom stereocenters. The van der Waals surface area contributed by atoms with Crippen LogP contribution < -0.4 is 5.32 Å². The minimum atomic E-state index is -0.0532. The second-order valence-corrected chi connectivity index (χ2v) is 6.47. The van der Waals surface area contributed by atoms with Crippen LogP contribution in [-0.4, -0.2) is 29.8 Å². The standard InChI is InChI=1S/C17H21BrN2O2/c1-3-16(21)20-8-6-13(7-9-20)17(22)19-11-14-10-12(2)4-5-15(14)18/h3-5,10,13H,1,6-9,11H2,2H3,(H,19,22). The molecule has 1 heterocycles. The first-order chi connectivity index (χ1) is 10.5. The molecule has 0 saturated carbocycles. The van der Waals surface area contributed by atoms with Crippen molar-refractivity contribution in [1.29, 1.82) is 0 Å². The van der Waals surface area contributed by atoms with Gasteiger partial charge in [0.05, 0.1) is 0 Å². The number of halogens is 1. The number of benzene rings is 1. The molecule has 1 aromatic carbocycles. The molecular formula is C17H21BrN2O2. The fourth-order valence-corrected chi connectivity index (χ4v) is 3.04. The van der Waals surface area contributed by atoms with Crippen LogP contribution in [0, 0.1) is 12.8 Å². The molecule has 0 aliphatic carbocycles. The van der Waals surface area contributed by atoms with Gasteiger partial charge in [0.15, 0.2) is 0 Å². The van der Waals surface area contributed by atoms with Gasteiger partial charge in [0.25, 0.3) is 0 Å². The Kier molecular flexibility index (Phi) is 5.77. The lowest BCUT2D eigenvalue weighted by molar-refractivity contribution is -0.132. The second-order valence-electron chi connectivity index (χ2n) is 5.62. The van der Waals surface area contributed by atoms with Gasteiger partial charge in [-0.05, 0) is 37.5 Å². The number of piperidine rings is 1. The third-order valence-electron chi connectivity index (χ3n) is 4.01. The van der Waals surface area contributed by atoms with Crippen LogP contribution in [-0.2, 0) is 16.1 Å². The SMILES string of the molecule is C=CC(=O)N1CCC(C(=O)NCc2cc(C)ccc2Br)CC1. The molecule has 118 valence electrons. The maximum atomic E-state index is 12.3. The zero-order valence-electron chi connectivity index (χ0n) is 12.8. The Morgan fingerprint density at radius 2 is 2.09 bits per heavy atom. The Morgan fingerprint density at radius 1 is 1.41 bits per heavy atom. The van der Waals surface area contributed by atoms with Crippen molar-refractivity contribution in [1.82, 2.24) is 10.2 Å². The molecule has 2 rings (SSSR count). The molecule has 1 fully saturated rings. The van der Waals surface area contributed by atoms with Gasteiger partial charge in [0, 0.05) is 30.0 Å². The quantitative estimate of drug-likeness (QED) is 0.835. The van der Waals surface area contributed by atoms with E-state index in [0.717, 1.165) is 10.0 Å². The van der Waals surface area contributed by atoms with E-state index in [2.05, 4.69) is 33.9 Å². The molecule has 1 N–H and O–H groups in total. The minimum Gasteiger partial charge on any atom is -0.352 e. The van der Waals surface area contributed by atoms with Crippen LogP contribution in [0.15, 0.2) is 35.3 Å². The van der Waals surface area contributed by atoms with E-state index in [9.17, 15) is 9.59 Å². The van der Waals surface area contributed by atoms with Crippen molar-refractivity contribution in [3.63, 3.8) is 0 Å². The zero-order valence-corrected chi connectivity index (χ0v) is 14.4. The largest absolute Gasteiger partial charge is 0.352 e. The Hall–Kier alpha value is -1.62. The number of nitrogens with zero attached hydrogens (tertiary/aromatic N) is 1. The van der Waals surface area contributed by atoms with Gasteiger partial charge >= 0.3 is 0 Å². The molecule has 0 spiro atoms. The molecule has 0 radical (unpaired) electrons. The number of likely N-dealkylation sites (tertiary alicyclic amines) is 1. The van der Waals surface area contributed by atoms with Gasteiger partial charge in [0.1, 0.15) is 0 Å². The number of carbonyl (C=O) groups excluding carboxylic acids is 2. The average Bonchev–Trinajstić information content (AvgIpc) is 2.54. The van der Waals surface area contributed by atoms with Crippen molar-refractivity contribution in [3.8, 4) is 0 Å². The lowest BCUT2D eigenvalue weighted by Gasteiger charge is -2.30. The first-order valence-corrected chi connectivity index (χ1v) is 8.24. The Morgan fingerprint density at radius 3 is 2.73 bits per heavy atom. The molecule has 22 heavy (non-hydrogen) atoms. The van der Waals surface area contributed by atoms with E-state index in [1.54, 1.807) is 4.90 Å². The van der Waals surface area contributed by atoms with Gasteiger partial charge < -0.3 is 10.2 Å². The van der Waals surface area contributed by atoms with Crippen LogP contribution in [0.2, 0.25) is 0 Å². The highest BCUT2D eigenvalue weighted by molar-refractivity contribution is 9.10. The van der Waals surface area contributed by atoms with Crippen molar-refractivity contribution in [2.75, 3.05) is 13.1 Å². The molecule has 1 saturated heterocycles. The predicted octanol–water partition coefficient (Wildman–Crippen LogP) is 2.80. The van der Waals surface area contributed by atoms with Gasteiger partial charge in [-0.2, -0.15) is 0 Å². The van der Waals surface area contributed by atoms with Crippen LogP contribution in [0.25, 0.3) is 0 Å². The molecule has 2 amide bonds. The van der Waals surface area contributed by atoms with E-state index in [0.29, 0.717) is 32.5 Å². The minimum absolute atomic E-state index is 0.0163. The fraction of sp³-hybridized carbons (Fsp3) is 0.412. The molecule has 0 bridgehead atoms. The van der Waals surface area contributed by atoms with Crippen LogP contribution >= 0.6 is 15.9 Å². The summed E-state index contributed by atoms with van der Waals surface area (Å²) in [5.74, 6) is -0.000826. The maximum absolute atomic E-state index is 12.3. The van der Waals surface area contributed by atoms with E-state index < -0.39 is 0 Å². The van der Waals surface area contributed by atoms with Crippen LogP contribution in [0.1, 0.15) is 24.0 Å². The first kappa shape index (κ1) is 16.7. The lowest BCUT2D eigenvalue weighted by atomic mass is 9.95. The summed E-state index contributed by atoms with van der Waals surface area (Å²) in [6, 6.07) is 6.09. The number of nitrogens with one attached hydrogen (secondary N) is 1. The number of amides is 2. The van der Waals surface area contributed by atoms with Gasteiger partial charge in [0.2, 0.25) is 11.8 Å². The summed E-state index contributed by atoms with van der Waals surface area (Å²) in [4.78, 5) is 25.5.